The molecule has 0 bridgehead atoms. The van der Waals surface area contributed by atoms with Crippen molar-refractivity contribution in [3.63, 3.8) is 0 Å². The number of aliphatic hydroxyl groups is 1. The van der Waals surface area contributed by atoms with Gasteiger partial charge in [0.05, 0.1) is 18.8 Å². The third-order valence-corrected chi connectivity index (χ3v) is 4.07. The maximum Gasteiger partial charge on any atom is 0.251 e. The Balaban J connectivity index is 1.98. The minimum atomic E-state index is -0.294. The van der Waals surface area contributed by atoms with Crippen molar-refractivity contribution in [3.8, 4) is 0 Å². The Morgan fingerprint density at radius 3 is 2.43 bits per heavy atom. The molecule has 0 aromatic heterocycles. The van der Waals surface area contributed by atoms with Crippen LogP contribution in [0.15, 0.2) is 18.2 Å². The highest BCUT2D eigenvalue weighted by Gasteiger charge is 2.35. The molecule has 0 saturated heterocycles. The van der Waals surface area contributed by atoms with E-state index in [0.717, 1.165) is 36.8 Å². The molecule has 0 aliphatic heterocycles. The number of carbonyl (C=O) groups is 1. The van der Waals surface area contributed by atoms with Gasteiger partial charge in [0.15, 0.2) is 0 Å². The van der Waals surface area contributed by atoms with Gasteiger partial charge < -0.3 is 15.2 Å². The number of nitrogens with one attached hydrogen (secondary N) is 1. The molecule has 4 nitrogen and oxygen atoms in total. The fraction of sp³-hybridized carbons (Fsp3) is 0.588. The minimum absolute atomic E-state index is 0.0206. The van der Waals surface area contributed by atoms with Gasteiger partial charge in [0.25, 0.3) is 5.91 Å². The summed E-state index contributed by atoms with van der Waals surface area (Å²) in [5, 5.41) is 11.9. The second-order valence-electron chi connectivity index (χ2n) is 6.02. The van der Waals surface area contributed by atoms with Gasteiger partial charge in [-0.2, -0.15) is 0 Å². The predicted molar refractivity (Wildman–Crippen MR) is 82.5 cm³/mol. The molecule has 0 heterocycles. The van der Waals surface area contributed by atoms with E-state index in [9.17, 15) is 4.79 Å². The van der Waals surface area contributed by atoms with E-state index < -0.39 is 0 Å². The zero-order valence-corrected chi connectivity index (χ0v) is 12.9. The van der Waals surface area contributed by atoms with Crippen molar-refractivity contribution in [1.29, 1.82) is 0 Å². The number of hydrogen-bond donors (Lipinski definition) is 2. The number of aliphatic hydroxyl groups excluding tert-OH is 1. The largest absolute Gasteiger partial charge is 0.394 e. The average Bonchev–Trinajstić information content (AvgIpc) is 2.91. The second kappa shape index (κ2) is 7.05. The molecular weight excluding hydrogens is 266 g/mol. The maximum absolute atomic E-state index is 12.3. The van der Waals surface area contributed by atoms with Crippen molar-refractivity contribution in [2.75, 3.05) is 19.8 Å². The maximum atomic E-state index is 12.3. The van der Waals surface area contributed by atoms with Crippen LogP contribution in [0.2, 0.25) is 0 Å². The van der Waals surface area contributed by atoms with Gasteiger partial charge >= 0.3 is 0 Å². The van der Waals surface area contributed by atoms with E-state index in [-0.39, 0.29) is 18.1 Å². The number of carbonyl (C=O) groups excluding carboxylic acids is 1. The highest BCUT2D eigenvalue weighted by atomic mass is 16.5. The van der Waals surface area contributed by atoms with Crippen LogP contribution in [0, 0.1) is 13.8 Å². The first kappa shape index (κ1) is 16.0. The molecule has 21 heavy (non-hydrogen) atoms. The summed E-state index contributed by atoms with van der Waals surface area (Å²) in [6, 6.07) is 5.86. The third-order valence-electron chi connectivity index (χ3n) is 4.07. The van der Waals surface area contributed by atoms with E-state index in [1.54, 1.807) is 0 Å². The van der Waals surface area contributed by atoms with Crippen molar-refractivity contribution < 1.29 is 14.6 Å². The summed E-state index contributed by atoms with van der Waals surface area (Å²) < 4.78 is 5.81. The van der Waals surface area contributed by atoms with Crippen molar-refractivity contribution in [2.45, 2.75) is 45.1 Å². The fourth-order valence-electron chi connectivity index (χ4n) is 3.10. The molecule has 116 valence electrons. The molecule has 0 spiro atoms. The van der Waals surface area contributed by atoms with Crippen molar-refractivity contribution >= 4 is 5.91 Å². The van der Waals surface area contributed by atoms with Crippen LogP contribution in [-0.2, 0) is 4.74 Å². The van der Waals surface area contributed by atoms with Gasteiger partial charge in [-0.15, -0.1) is 0 Å². The molecule has 2 N–H and O–H groups in total. The van der Waals surface area contributed by atoms with Gasteiger partial charge in [-0.1, -0.05) is 30.0 Å². The van der Waals surface area contributed by atoms with E-state index in [1.165, 1.54) is 0 Å². The number of ether oxygens (including phenoxy) is 1. The molecule has 1 aliphatic carbocycles. The van der Waals surface area contributed by atoms with Crippen molar-refractivity contribution in [3.05, 3.63) is 34.9 Å². The summed E-state index contributed by atoms with van der Waals surface area (Å²) in [6.45, 7) is 4.85. The first-order valence-corrected chi connectivity index (χ1v) is 7.66. The standard InChI is InChI=1S/C17H25NO3/c1-13-9-14(2)11-15(10-13)16(20)18-12-17(21-8-7-19)5-3-4-6-17/h9-11,19H,3-8,12H2,1-2H3,(H,18,20). The molecule has 1 fully saturated rings. The number of benzene rings is 1. The van der Waals surface area contributed by atoms with Crippen LogP contribution in [0.3, 0.4) is 0 Å². The Morgan fingerprint density at radius 2 is 1.86 bits per heavy atom. The smallest absolute Gasteiger partial charge is 0.251 e. The average molecular weight is 291 g/mol. The van der Waals surface area contributed by atoms with Gasteiger partial charge in [0, 0.05) is 12.1 Å². The van der Waals surface area contributed by atoms with Crippen LogP contribution in [0.4, 0.5) is 0 Å². The summed E-state index contributed by atoms with van der Waals surface area (Å²) in [5.74, 6) is -0.0549. The summed E-state index contributed by atoms with van der Waals surface area (Å²) >= 11 is 0. The molecule has 0 unspecified atom stereocenters. The Morgan fingerprint density at radius 1 is 1.24 bits per heavy atom. The summed E-state index contributed by atoms with van der Waals surface area (Å²) in [7, 11) is 0. The first-order chi connectivity index (χ1) is 10.0. The van der Waals surface area contributed by atoms with Gasteiger partial charge in [-0.25, -0.2) is 0 Å². The van der Waals surface area contributed by atoms with Crippen LogP contribution in [-0.4, -0.2) is 36.4 Å². The monoisotopic (exact) mass is 291 g/mol. The number of aryl methyl sites for hydroxylation is 2. The lowest BCUT2D eigenvalue weighted by atomic mass is 10.0. The van der Waals surface area contributed by atoms with Crippen molar-refractivity contribution in [2.24, 2.45) is 0 Å². The lowest BCUT2D eigenvalue weighted by molar-refractivity contribution is -0.0511. The van der Waals surface area contributed by atoms with Crippen LogP contribution in [0.5, 0.6) is 0 Å². The second-order valence-corrected chi connectivity index (χ2v) is 6.02. The molecule has 2 rings (SSSR count). The first-order valence-electron chi connectivity index (χ1n) is 7.66. The van der Waals surface area contributed by atoms with Crippen LogP contribution in [0.25, 0.3) is 0 Å². The molecule has 1 aromatic rings. The zero-order chi connectivity index (χ0) is 15.3. The lowest BCUT2D eigenvalue weighted by Gasteiger charge is -2.29. The van der Waals surface area contributed by atoms with Crippen LogP contribution < -0.4 is 5.32 Å². The van der Waals surface area contributed by atoms with Gasteiger partial charge in [-0.3, -0.25) is 4.79 Å². The third kappa shape index (κ3) is 4.29. The molecule has 0 radical (unpaired) electrons. The Labute approximate surface area is 126 Å². The topological polar surface area (TPSA) is 58.6 Å². The minimum Gasteiger partial charge on any atom is -0.394 e. The number of rotatable bonds is 6. The highest BCUT2D eigenvalue weighted by molar-refractivity contribution is 5.94. The van der Waals surface area contributed by atoms with Gasteiger partial charge in [0.2, 0.25) is 0 Å². The molecule has 1 aliphatic rings. The number of amides is 1. The van der Waals surface area contributed by atoms with E-state index >= 15 is 0 Å². The van der Waals surface area contributed by atoms with E-state index in [2.05, 4.69) is 11.4 Å². The quantitative estimate of drug-likeness (QED) is 0.846. The lowest BCUT2D eigenvalue weighted by Crippen LogP contribution is -2.43. The molecule has 4 heteroatoms. The van der Waals surface area contributed by atoms with Crippen LogP contribution >= 0.6 is 0 Å². The normalized spacial score (nSPS) is 16.9. The highest BCUT2D eigenvalue weighted by Crippen LogP contribution is 2.32. The Kier molecular flexibility index (Phi) is 5.37. The molecule has 1 amide bonds. The summed E-state index contributed by atoms with van der Waals surface area (Å²) in [6.07, 6.45) is 4.12. The molecule has 0 atom stereocenters. The molecule has 1 saturated carbocycles. The summed E-state index contributed by atoms with van der Waals surface area (Å²) in [5.41, 5.74) is 2.58. The summed E-state index contributed by atoms with van der Waals surface area (Å²) in [4.78, 5) is 12.3. The van der Waals surface area contributed by atoms with E-state index in [0.29, 0.717) is 18.7 Å². The Hall–Kier alpha value is -1.39. The van der Waals surface area contributed by atoms with Crippen LogP contribution in [0.1, 0.15) is 47.2 Å². The van der Waals surface area contributed by atoms with Gasteiger partial charge in [-0.05, 0) is 38.8 Å². The molecular formula is C17H25NO3. The van der Waals surface area contributed by atoms with Crippen molar-refractivity contribution in [1.82, 2.24) is 5.32 Å². The predicted octanol–water partition coefficient (Wildman–Crippen LogP) is 2.35. The Bertz CT molecular complexity index is 473. The van der Waals surface area contributed by atoms with E-state index in [1.807, 2.05) is 26.0 Å². The van der Waals surface area contributed by atoms with E-state index in [4.69, 9.17) is 9.84 Å². The SMILES string of the molecule is Cc1cc(C)cc(C(=O)NCC2(OCCO)CCCC2)c1. The van der Waals surface area contributed by atoms with Gasteiger partial charge in [0.1, 0.15) is 0 Å². The zero-order valence-electron chi connectivity index (χ0n) is 12.9. The number of hydrogen-bond acceptors (Lipinski definition) is 3. The molecule has 1 aromatic carbocycles. The fourth-order valence-corrected chi connectivity index (χ4v) is 3.10.